The number of fused-ring (bicyclic) bond motifs is 1. The lowest BCUT2D eigenvalue weighted by Gasteiger charge is -2.30. The first-order chi connectivity index (χ1) is 8.49. The summed E-state index contributed by atoms with van der Waals surface area (Å²) in [6, 6.07) is 5.16. The fraction of sp³-hybridized carbons (Fsp3) is 0.429. The second kappa shape index (κ2) is 4.80. The topological polar surface area (TPSA) is 57.6 Å². The van der Waals surface area contributed by atoms with E-state index in [0.717, 1.165) is 24.1 Å². The van der Waals surface area contributed by atoms with Crippen LogP contribution in [0.5, 0.6) is 0 Å². The third-order valence-corrected chi connectivity index (χ3v) is 3.27. The summed E-state index contributed by atoms with van der Waals surface area (Å²) in [6.45, 7) is 5.00. The highest BCUT2D eigenvalue weighted by Gasteiger charge is 2.23. The summed E-state index contributed by atoms with van der Waals surface area (Å²) < 4.78 is 0. The molecule has 0 saturated carbocycles. The second-order valence-corrected chi connectivity index (χ2v) is 4.95. The smallest absolute Gasteiger partial charge is 0.335 e. The van der Waals surface area contributed by atoms with E-state index in [4.69, 9.17) is 5.11 Å². The molecular weight excluding hydrogens is 230 g/mol. The van der Waals surface area contributed by atoms with Gasteiger partial charge in [0.05, 0.1) is 5.56 Å². The molecule has 1 aliphatic heterocycles. The molecular formula is C14H17NO3. The Morgan fingerprint density at radius 3 is 2.61 bits per heavy atom. The highest BCUT2D eigenvalue weighted by Crippen LogP contribution is 2.21. The number of nitrogens with zero attached hydrogens (tertiary/aromatic N) is 1. The van der Waals surface area contributed by atoms with Crippen LogP contribution in [0.3, 0.4) is 0 Å². The Bertz CT molecular complexity index is 494. The van der Waals surface area contributed by atoms with Gasteiger partial charge in [-0.15, -0.1) is 0 Å². The monoisotopic (exact) mass is 247 g/mol. The summed E-state index contributed by atoms with van der Waals surface area (Å²) in [4.78, 5) is 24.7. The number of hydrogen-bond donors (Lipinski definition) is 1. The lowest BCUT2D eigenvalue weighted by molar-refractivity contribution is -0.135. The lowest BCUT2D eigenvalue weighted by atomic mass is 9.96. The number of carboxylic acids is 1. The molecule has 0 radical (unpaired) electrons. The fourth-order valence-electron chi connectivity index (χ4n) is 2.24. The average molecular weight is 247 g/mol. The van der Waals surface area contributed by atoms with E-state index in [2.05, 4.69) is 0 Å². The molecule has 0 unspecified atom stereocenters. The zero-order valence-electron chi connectivity index (χ0n) is 10.6. The Kier molecular flexibility index (Phi) is 3.36. The first-order valence-corrected chi connectivity index (χ1v) is 6.13. The quantitative estimate of drug-likeness (QED) is 0.868. The maximum Gasteiger partial charge on any atom is 0.335 e. The highest BCUT2D eigenvalue weighted by molar-refractivity contribution is 5.88. The van der Waals surface area contributed by atoms with E-state index >= 15 is 0 Å². The van der Waals surface area contributed by atoms with E-state index in [0.29, 0.717) is 6.54 Å². The van der Waals surface area contributed by atoms with E-state index in [1.54, 1.807) is 17.0 Å². The summed E-state index contributed by atoms with van der Waals surface area (Å²) in [5.41, 5.74) is 2.38. The molecule has 4 nitrogen and oxygen atoms in total. The van der Waals surface area contributed by atoms with E-state index in [-0.39, 0.29) is 17.4 Å². The van der Waals surface area contributed by atoms with Gasteiger partial charge in [0.15, 0.2) is 0 Å². The Morgan fingerprint density at radius 1 is 1.28 bits per heavy atom. The number of amides is 1. The number of aromatic carboxylic acids is 1. The highest BCUT2D eigenvalue weighted by atomic mass is 16.4. The zero-order valence-corrected chi connectivity index (χ0v) is 10.6. The van der Waals surface area contributed by atoms with Gasteiger partial charge in [-0.25, -0.2) is 4.79 Å². The van der Waals surface area contributed by atoms with Crippen molar-refractivity contribution in [2.75, 3.05) is 6.54 Å². The van der Waals surface area contributed by atoms with Crippen LogP contribution in [0, 0.1) is 5.92 Å². The van der Waals surface area contributed by atoms with Gasteiger partial charge in [0.25, 0.3) is 0 Å². The third-order valence-electron chi connectivity index (χ3n) is 3.27. The van der Waals surface area contributed by atoms with E-state index in [9.17, 15) is 9.59 Å². The summed E-state index contributed by atoms with van der Waals surface area (Å²) in [7, 11) is 0. The van der Waals surface area contributed by atoms with Crippen LogP contribution in [0.4, 0.5) is 0 Å². The van der Waals surface area contributed by atoms with Crippen molar-refractivity contribution >= 4 is 11.9 Å². The minimum Gasteiger partial charge on any atom is -0.478 e. The van der Waals surface area contributed by atoms with Crippen molar-refractivity contribution in [3.05, 3.63) is 34.9 Å². The summed E-state index contributed by atoms with van der Waals surface area (Å²) in [5, 5.41) is 8.97. The summed E-state index contributed by atoms with van der Waals surface area (Å²) in [5.74, 6) is -0.819. The van der Waals surface area contributed by atoms with Crippen molar-refractivity contribution in [2.45, 2.75) is 26.8 Å². The van der Waals surface area contributed by atoms with Crippen LogP contribution < -0.4 is 0 Å². The van der Waals surface area contributed by atoms with Crippen LogP contribution >= 0.6 is 0 Å². The molecule has 0 saturated heterocycles. The minimum absolute atomic E-state index is 0.0193. The molecule has 1 aromatic carbocycles. The molecule has 0 atom stereocenters. The van der Waals surface area contributed by atoms with Crippen LogP contribution in [-0.4, -0.2) is 28.4 Å². The molecule has 18 heavy (non-hydrogen) atoms. The normalized spacial score (nSPS) is 14.5. The van der Waals surface area contributed by atoms with Gasteiger partial charge in [-0.1, -0.05) is 19.9 Å². The molecule has 0 fully saturated rings. The van der Waals surface area contributed by atoms with Crippen LogP contribution in [0.15, 0.2) is 18.2 Å². The maximum absolute atomic E-state index is 11.9. The molecule has 96 valence electrons. The molecule has 2 rings (SSSR count). The summed E-state index contributed by atoms with van der Waals surface area (Å²) >= 11 is 0. The first-order valence-electron chi connectivity index (χ1n) is 6.13. The van der Waals surface area contributed by atoms with Gasteiger partial charge in [-0.05, 0) is 29.7 Å². The molecule has 1 aliphatic rings. The van der Waals surface area contributed by atoms with E-state index in [1.165, 1.54) is 0 Å². The SMILES string of the molecule is CC(C)C(=O)N1CCc2ccc(C(=O)O)cc2C1. The molecule has 1 N–H and O–H groups in total. The number of carbonyl (C=O) groups is 2. The van der Waals surface area contributed by atoms with Gasteiger partial charge in [-0.3, -0.25) is 4.79 Å². The Morgan fingerprint density at radius 2 is 2.00 bits per heavy atom. The Labute approximate surface area is 106 Å². The molecule has 1 aromatic rings. The summed E-state index contributed by atoms with van der Waals surface area (Å²) in [6.07, 6.45) is 0.799. The predicted octanol–water partition coefficient (Wildman–Crippen LogP) is 1.93. The van der Waals surface area contributed by atoms with Crippen LogP contribution in [0.25, 0.3) is 0 Å². The van der Waals surface area contributed by atoms with Gasteiger partial charge in [0.1, 0.15) is 0 Å². The lowest BCUT2D eigenvalue weighted by Crippen LogP contribution is -2.38. The van der Waals surface area contributed by atoms with Crippen molar-refractivity contribution in [3.63, 3.8) is 0 Å². The molecule has 0 bridgehead atoms. The van der Waals surface area contributed by atoms with Gasteiger partial charge in [0.2, 0.25) is 5.91 Å². The van der Waals surface area contributed by atoms with E-state index in [1.807, 2.05) is 19.9 Å². The zero-order chi connectivity index (χ0) is 13.3. The Hall–Kier alpha value is -1.84. The molecule has 4 heteroatoms. The standard InChI is InChI=1S/C14H17NO3/c1-9(2)13(16)15-6-5-10-3-4-11(14(17)18)7-12(10)8-15/h3-4,7,9H,5-6,8H2,1-2H3,(H,17,18). The van der Waals surface area contributed by atoms with Gasteiger partial charge < -0.3 is 10.0 Å². The number of hydrogen-bond acceptors (Lipinski definition) is 2. The Balaban J connectivity index is 2.24. The molecule has 1 amide bonds. The van der Waals surface area contributed by atoms with Gasteiger partial charge in [-0.2, -0.15) is 0 Å². The molecule has 0 aliphatic carbocycles. The van der Waals surface area contributed by atoms with Crippen molar-refractivity contribution < 1.29 is 14.7 Å². The average Bonchev–Trinajstić information content (AvgIpc) is 2.36. The minimum atomic E-state index is -0.926. The molecule has 1 heterocycles. The predicted molar refractivity (Wildman–Crippen MR) is 67.4 cm³/mol. The second-order valence-electron chi connectivity index (χ2n) is 4.95. The van der Waals surface area contributed by atoms with Crippen molar-refractivity contribution in [1.29, 1.82) is 0 Å². The van der Waals surface area contributed by atoms with E-state index < -0.39 is 5.97 Å². The number of carboxylic acid groups (broad SMARTS) is 1. The van der Waals surface area contributed by atoms with Crippen LogP contribution in [0.2, 0.25) is 0 Å². The maximum atomic E-state index is 11.9. The van der Waals surface area contributed by atoms with Crippen molar-refractivity contribution in [2.24, 2.45) is 5.92 Å². The van der Waals surface area contributed by atoms with Gasteiger partial charge >= 0.3 is 5.97 Å². The van der Waals surface area contributed by atoms with Gasteiger partial charge in [0, 0.05) is 19.0 Å². The number of rotatable bonds is 2. The van der Waals surface area contributed by atoms with Crippen LogP contribution in [0.1, 0.15) is 35.3 Å². The van der Waals surface area contributed by atoms with Crippen LogP contribution in [-0.2, 0) is 17.8 Å². The largest absolute Gasteiger partial charge is 0.478 e. The first kappa shape index (κ1) is 12.6. The molecule has 0 spiro atoms. The number of carbonyl (C=O) groups excluding carboxylic acids is 1. The molecule has 0 aromatic heterocycles. The third kappa shape index (κ3) is 2.37. The number of benzene rings is 1. The van der Waals surface area contributed by atoms with Crippen molar-refractivity contribution in [3.8, 4) is 0 Å². The fourth-order valence-corrected chi connectivity index (χ4v) is 2.24. The van der Waals surface area contributed by atoms with Crippen molar-refractivity contribution in [1.82, 2.24) is 4.90 Å².